The van der Waals surface area contributed by atoms with Crippen LogP contribution in [0.3, 0.4) is 0 Å². The summed E-state index contributed by atoms with van der Waals surface area (Å²) in [4.78, 5) is 17.7. The lowest BCUT2D eigenvalue weighted by molar-refractivity contribution is 0.102. The van der Waals surface area contributed by atoms with Gasteiger partial charge in [0.2, 0.25) is 0 Å². The minimum Gasteiger partial charge on any atom is -0.306 e. The van der Waals surface area contributed by atoms with E-state index in [0.29, 0.717) is 11.4 Å². The molecule has 0 fully saturated rings. The van der Waals surface area contributed by atoms with Crippen LogP contribution in [-0.2, 0) is 0 Å². The molecule has 0 atom stereocenters. The van der Waals surface area contributed by atoms with Gasteiger partial charge in [0.05, 0.1) is 0 Å². The van der Waals surface area contributed by atoms with Gasteiger partial charge in [-0.2, -0.15) is 0 Å². The summed E-state index contributed by atoms with van der Waals surface area (Å²) < 4.78 is 1.93. The van der Waals surface area contributed by atoms with Crippen LogP contribution in [0.15, 0.2) is 66.9 Å². The molecule has 2 heterocycles. The van der Waals surface area contributed by atoms with Gasteiger partial charge < -0.3 is 5.32 Å². The van der Waals surface area contributed by atoms with Crippen LogP contribution in [0.2, 0.25) is 0 Å². The number of carbonyl (C=O) groups is 1. The van der Waals surface area contributed by atoms with Gasteiger partial charge in [0.25, 0.3) is 5.91 Å². The summed E-state index contributed by atoms with van der Waals surface area (Å²) in [5, 5.41) is 3.08. The normalized spacial score (nSPS) is 10.9. The first kappa shape index (κ1) is 17.0. The van der Waals surface area contributed by atoms with Gasteiger partial charge in [-0.25, -0.2) is 4.98 Å². The number of carbonyl (C=O) groups excluding carboxylic acids is 1. The molecule has 0 unspecified atom stereocenters. The molecular formula is C23H21N3O. The van der Waals surface area contributed by atoms with Crippen LogP contribution >= 0.6 is 0 Å². The number of nitrogens with zero attached hydrogens (tertiary/aromatic N) is 2. The standard InChI is InChI=1S/C23H21N3O/c1-15-8-10-18(11-9-15)23(27)25-22-21(19-7-5-4-6-17(19)3)24-20-14-16(2)12-13-26(20)22/h4-14H,1-3H3,(H,25,27). The Bertz CT molecular complexity index is 1140. The van der Waals surface area contributed by atoms with Gasteiger partial charge in [-0.15, -0.1) is 0 Å². The number of nitrogens with one attached hydrogen (secondary N) is 1. The first-order chi connectivity index (χ1) is 13.0. The third kappa shape index (κ3) is 3.22. The predicted octanol–water partition coefficient (Wildman–Crippen LogP) is 5.18. The fourth-order valence-corrected chi connectivity index (χ4v) is 3.18. The van der Waals surface area contributed by atoms with Crippen LogP contribution in [0.5, 0.6) is 0 Å². The van der Waals surface area contributed by atoms with Gasteiger partial charge in [0, 0.05) is 17.3 Å². The smallest absolute Gasteiger partial charge is 0.256 e. The average molecular weight is 355 g/mol. The van der Waals surface area contributed by atoms with E-state index >= 15 is 0 Å². The zero-order valence-electron chi connectivity index (χ0n) is 15.7. The van der Waals surface area contributed by atoms with Crippen molar-refractivity contribution in [3.8, 4) is 11.3 Å². The van der Waals surface area contributed by atoms with Crippen molar-refractivity contribution >= 4 is 17.4 Å². The molecule has 27 heavy (non-hydrogen) atoms. The highest BCUT2D eigenvalue weighted by atomic mass is 16.1. The summed E-state index contributed by atoms with van der Waals surface area (Å²) in [6.45, 7) is 6.09. The first-order valence-electron chi connectivity index (χ1n) is 8.95. The van der Waals surface area contributed by atoms with Crippen molar-refractivity contribution in [1.82, 2.24) is 9.38 Å². The minimum absolute atomic E-state index is 0.146. The van der Waals surface area contributed by atoms with Crippen molar-refractivity contribution in [1.29, 1.82) is 0 Å². The van der Waals surface area contributed by atoms with Gasteiger partial charge in [-0.3, -0.25) is 9.20 Å². The van der Waals surface area contributed by atoms with Crippen molar-refractivity contribution in [3.63, 3.8) is 0 Å². The average Bonchev–Trinajstić information content (AvgIpc) is 3.00. The lowest BCUT2D eigenvalue weighted by Crippen LogP contribution is -2.14. The lowest BCUT2D eigenvalue weighted by Gasteiger charge is -2.10. The summed E-state index contributed by atoms with van der Waals surface area (Å²) in [6.07, 6.45) is 1.95. The number of hydrogen-bond acceptors (Lipinski definition) is 2. The van der Waals surface area contributed by atoms with Crippen molar-refractivity contribution in [2.75, 3.05) is 5.32 Å². The van der Waals surface area contributed by atoms with Gasteiger partial charge in [-0.1, -0.05) is 42.0 Å². The highest BCUT2D eigenvalue weighted by molar-refractivity contribution is 6.05. The highest BCUT2D eigenvalue weighted by Crippen LogP contribution is 2.31. The molecule has 0 aliphatic heterocycles. The van der Waals surface area contributed by atoms with Gasteiger partial charge in [-0.05, 0) is 56.2 Å². The molecule has 2 aromatic heterocycles. The van der Waals surface area contributed by atoms with Crippen LogP contribution < -0.4 is 5.32 Å². The second kappa shape index (κ2) is 6.72. The molecule has 0 spiro atoms. The number of aromatic nitrogens is 2. The minimum atomic E-state index is -0.146. The van der Waals surface area contributed by atoms with Crippen molar-refractivity contribution < 1.29 is 4.79 Å². The molecule has 0 saturated carbocycles. The molecule has 2 aromatic carbocycles. The van der Waals surface area contributed by atoms with E-state index < -0.39 is 0 Å². The molecule has 1 N–H and O–H groups in total. The van der Waals surface area contributed by atoms with Crippen molar-refractivity contribution in [2.45, 2.75) is 20.8 Å². The van der Waals surface area contributed by atoms with Gasteiger partial charge >= 0.3 is 0 Å². The Labute approximate surface area is 158 Å². The topological polar surface area (TPSA) is 46.4 Å². The number of imidazole rings is 1. The molecule has 4 rings (SSSR count). The van der Waals surface area contributed by atoms with E-state index in [1.54, 1.807) is 0 Å². The molecule has 0 aliphatic carbocycles. The number of aryl methyl sites for hydroxylation is 3. The molecule has 4 nitrogen and oxygen atoms in total. The van der Waals surface area contributed by atoms with Crippen molar-refractivity contribution in [3.05, 3.63) is 89.1 Å². The zero-order valence-corrected chi connectivity index (χ0v) is 15.7. The summed E-state index contributed by atoms with van der Waals surface area (Å²) in [6, 6.07) is 19.7. The summed E-state index contributed by atoms with van der Waals surface area (Å²) in [5.74, 6) is 0.539. The second-order valence-corrected chi connectivity index (χ2v) is 6.88. The van der Waals surface area contributed by atoms with E-state index in [0.717, 1.165) is 33.6 Å². The summed E-state index contributed by atoms with van der Waals surface area (Å²) >= 11 is 0. The quantitative estimate of drug-likeness (QED) is 0.550. The summed E-state index contributed by atoms with van der Waals surface area (Å²) in [5.41, 5.74) is 6.59. The largest absolute Gasteiger partial charge is 0.306 e. The molecule has 0 aliphatic rings. The fraction of sp³-hybridized carbons (Fsp3) is 0.130. The Hall–Kier alpha value is -3.40. The SMILES string of the molecule is Cc1ccc(C(=O)Nc2c(-c3ccccc3C)nc3cc(C)ccn23)cc1. The molecule has 134 valence electrons. The maximum absolute atomic E-state index is 12.9. The van der Waals surface area contributed by atoms with Gasteiger partial charge in [0.15, 0.2) is 0 Å². The van der Waals surface area contributed by atoms with Crippen LogP contribution in [0.25, 0.3) is 16.9 Å². The number of anilines is 1. The Morgan fingerprint density at radius 3 is 2.41 bits per heavy atom. The van der Waals surface area contributed by atoms with Crippen molar-refractivity contribution in [2.24, 2.45) is 0 Å². The van der Waals surface area contributed by atoms with E-state index in [2.05, 4.69) is 18.3 Å². The number of amides is 1. The van der Waals surface area contributed by atoms with Gasteiger partial charge in [0.1, 0.15) is 17.2 Å². The maximum Gasteiger partial charge on any atom is 0.256 e. The molecule has 0 radical (unpaired) electrons. The summed E-state index contributed by atoms with van der Waals surface area (Å²) in [7, 11) is 0. The first-order valence-corrected chi connectivity index (χ1v) is 8.95. The third-order valence-electron chi connectivity index (χ3n) is 4.73. The molecule has 0 saturated heterocycles. The Morgan fingerprint density at radius 2 is 1.67 bits per heavy atom. The molecule has 1 amide bonds. The van der Waals surface area contributed by atoms with Crippen LogP contribution in [0.4, 0.5) is 5.82 Å². The monoisotopic (exact) mass is 355 g/mol. The van der Waals surface area contributed by atoms with E-state index in [-0.39, 0.29) is 5.91 Å². The Morgan fingerprint density at radius 1 is 0.926 bits per heavy atom. The van der Waals surface area contributed by atoms with E-state index in [9.17, 15) is 4.79 Å². The molecule has 0 bridgehead atoms. The Kier molecular flexibility index (Phi) is 4.24. The van der Waals surface area contributed by atoms with E-state index in [4.69, 9.17) is 4.98 Å². The van der Waals surface area contributed by atoms with Crippen LogP contribution in [0.1, 0.15) is 27.0 Å². The molecule has 4 aromatic rings. The number of fused-ring (bicyclic) bond motifs is 1. The molecule has 4 heteroatoms. The second-order valence-electron chi connectivity index (χ2n) is 6.88. The lowest BCUT2D eigenvalue weighted by atomic mass is 10.1. The molecular weight excluding hydrogens is 334 g/mol. The number of rotatable bonds is 3. The number of pyridine rings is 1. The number of hydrogen-bond donors (Lipinski definition) is 1. The van der Waals surface area contributed by atoms with Crippen LogP contribution in [0, 0.1) is 20.8 Å². The van der Waals surface area contributed by atoms with E-state index in [1.165, 1.54) is 0 Å². The highest BCUT2D eigenvalue weighted by Gasteiger charge is 2.18. The zero-order chi connectivity index (χ0) is 19.0. The van der Waals surface area contributed by atoms with E-state index in [1.807, 2.05) is 79.0 Å². The number of benzene rings is 2. The Balaban J connectivity index is 1.85. The van der Waals surface area contributed by atoms with Crippen LogP contribution in [-0.4, -0.2) is 15.3 Å². The fourth-order valence-electron chi connectivity index (χ4n) is 3.18. The third-order valence-corrected chi connectivity index (χ3v) is 4.73. The maximum atomic E-state index is 12.9. The predicted molar refractivity (Wildman–Crippen MR) is 109 cm³/mol.